The minimum absolute atomic E-state index is 0.0538. The van der Waals surface area contributed by atoms with Crippen molar-refractivity contribution in [2.45, 2.75) is 38.6 Å². The van der Waals surface area contributed by atoms with Crippen molar-refractivity contribution in [2.24, 2.45) is 0 Å². The summed E-state index contributed by atoms with van der Waals surface area (Å²) in [4.78, 5) is 22.4. The summed E-state index contributed by atoms with van der Waals surface area (Å²) in [6.45, 7) is 1.53. The molecule has 208 valence electrons. The molecule has 40 heavy (non-hydrogen) atoms. The fourth-order valence-electron chi connectivity index (χ4n) is 4.49. The van der Waals surface area contributed by atoms with Gasteiger partial charge in [-0.25, -0.2) is 4.39 Å². The number of nitrogens with zero attached hydrogens (tertiary/aromatic N) is 1. The van der Waals surface area contributed by atoms with E-state index in [4.69, 9.17) is 14.6 Å². The smallest absolute Gasteiger partial charge is 0.307 e. The van der Waals surface area contributed by atoms with Crippen LogP contribution in [0.1, 0.15) is 42.4 Å². The Kier molecular flexibility index (Phi) is 9.93. The number of carboxylic acid groups (broad SMARTS) is 2. The van der Waals surface area contributed by atoms with Gasteiger partial charge < -0.3 is 24.3 Å². The van der Waals surface area contributed by atoms with Crippen LogP contribution < -0.4 is 9.47 Å². The molecule has 1 aromatic heterocycles. The Labute approximate surface area is 232 Å². The highest BCUT2D eigenvalue weighted by Crippen LogP contribution is 2.28. The molecule has 0 aliphatic rings. The van der Waals surface area contributed by atoms with Gasteiger partial charge in [-0.1, -0.05) is 42.5 Å². The number of fused-ring (bicyclic) bond motifs is 1. The maximum Gasteiger partial charge on any atom is 0.307 e. The van der Waals surface area contributed by atoms with E-state index in [0.29, 0.717) is 37.5 Å². The van der Waals surface area contributed by atoms with Gasteiger partial charge in [0, 0.05) is 36.1 Å². The van der Waals surface area contributed by atoms with E-state index >= 15 is 0 Å². The monoisotopic (exact) mass is 545 g/mol. The molecule has 0 aliphatic carbocycles. The summed E-state index contributed by atoms with van der Waals surface area (Å²) in [6.07, 6.45) is 7.73. The Balaban J connectivity index is 1.34. The van der Waals surface area contributed by atoms with Crippen molar-refractivity contribution in [3.63, 3.8) is 0 Å². The summed E-state index contributed by atoms with van der Waals surface area (Å²) >= 11 is 0. The average molecular weight is 546 g/mol. The third kappa shape index (κ3) is 8.20. The lowest BCUT2D eigenvalue weighted by molar-refractivity contribution is -0.137. The van der Waals surface area contributed by atoms with Crippen molar-refractivity contribution < 1.29 is 33.7 Å². The summed E-state index contributed by atoms with van der Waals surface area (Å²) in [5.41, 5.74) is 3.44. The number of ether oxygens (including phenoxy) is 2. The van der Waals surface area contributed by atoms with E-state index in [0.717, 1.165) is 40.6 Å². The van der Waals surface area contributed by atoms with E-state index in [1.165, 1.54) is 12.1 Å². The quantitative estimate of drug-likeness (QED) is 0.128. The van der Waals surface area contributed by atoms with Crippen molar-refractivity contribution in [1.82, 2.24) is 4.57 Å². The number of aromatic nitrogens is 1. The van der Waals surface area contributed by atoms with Crippen molar-refractivity contribution in [3.05, 3.63) is 95.4 Å². The largest absolute Gasteiger partial charge is 0.494 e. The SMILES string of the molecule is O=C(O)CCCn1cc(CC(=O)O)c2c(C=Cc3ccc(OCCCCOc4cccc(F)c4)cc3)cccc21. The molecule has 0 spiro atoms. The molecule has 0 saturated heterocycles. The fourth-order valence-corrected chi connectivity index (χ4v) is 4.49. The summed E-state index contributed by atoms with van der Waals surface area (Å²) in [5.74, 6) is -0.810. The molecule has 2 N–H and O–H groups in total. The zero-order chi connectivity index (χ0) is 28.3. The van der Waals surface area contributed by atoms with Gasteiger partial charge in [-0.15, -0.1) is 0 Å². The fraction of sp³-hybridized carbons (Fsp3) is 0.250. The normalized spacial score (nSPS) is 11.2. The molecule has 0 bridgehead atoms. The number of aliphatic carboxylic acids is 2. The van der Waals surface area contributed by atoms with Crippen LogP contribution in [0.15, 0.2) is 72.9 Å². The first-order valence-electron chi connectivity index (χ1n) is 13.2. The minimum Gasteiger partial charge on any atom is -0.494 e. The molecular weight excluding hydrogens is 513 g/mol. The summed E-state index contributed by atoms with van der Waals surface area (Å²) < 4.78 is 26.5. The number of unbranched alkanes of at least 4 members (excludes halogenated alkanes) is 1. The van der Waals surface area contributed by atoms with Gasteiger partial charge in [0.05, 0.1) is 19.6 Å². The maximum absolute atomic E-state index is 13.2. The van der Waals surface area contributed by atoms with Crippen LogP contribution in [0, 0.1) is 5.82 Å². The Hall–Kier alpha value is -4.59. The zero-order valence-corrected chi connectivity index (χ0v) is 22.1. The van der Waals surface area contributed by atoms with E-state index in [9.17, 15) is 19.1 Å². The lowest BCUT2D eigenvalue weighted by Crippen LogP contribution is -2.02. The second kappa shape index (κ2) is 14.0. The number of hydrogen-bond acceptors (Lipinski definition) is 4. The van der Waals surface area contributed by atoms with Gasteiger partial charge in [-0.3, -0.25) is 9.59 Å². The molecule has 0 radical (unpaired) electrons. The average Bonchev–Trinajstić information content (AvgIpc) is 3.27. The lowest BCUT2D eigenvalue weighted by atomic mass is 10.0. The predicted octanol–water partition coefficient (Wildman–Crippen LogP) is 6.68. The molecule has 0 amide bonds. The Morgan fingerprint density at radius 3 is 2.25 bits per heavy atom. The van der Waals surface area contributed by atoms with E-state index in [-0.39, 0.29) is 18.7 Å². The van der Waals surface area contributed by atoms with Crippen molar-refractivity contribution in [1.29, 1.82) is 0 Å². The molecular formula is C32H32FNO6. The summed E-state index contributed by atoms with van der Waals surface area (Å²) in [6, 6.07) is 19.6. The molecule has 0 saturated carbocycles. The predicted molar refractivity (Wildman–Crippen MR) is 152 cm³/mol. The van der Waals surface area contributed by atoms with Gasteiger partial charge in [0.25, 0.3) is 0 Å². The van der Waals surface area contributed by atoms with Gasteiger partial charge >= 0.3 is 11.9 Å². The second-order valence-corrected chi connectivity index (χ2v) is 9.42. The van der Waals surface area contributed by atoms with Crippen molar-refractivity contribution in [3.8, 4) is 11.5 Å². The number of halogens is 1. The van der Waals surface area contributed by atoms with Crippen molar-refractivity contribution >= 4 is 35.0 Å². The first-order valence-corrected chi connectivity index (χ1v) is 13.2. The van der Waals surface area contributed by atoms with Gasteiger partial charge in [-0.2, -0.15) is 0 Å². The first kappa shape index (κ1) is 28.4. The van der Waals surface area contributed by atoms with Crippen LogP contribution in [-0.4, -0.2) is 39.9 Å². The van der Waals surface area contributed by atoms with Crippen LogP contribution in [0.5, 0.6) is 11.5 Å². The summed E-state index contributed by atoms with van der Waals surface area (Å²) in [7, 11) is 0. The van der Waals surface area contributed by atoms with Crippen LogP contribution >= 0.6 is 0 Å². The minimum atomic E-state index is -0.918. The number of carbonyl (C=O) groups is 2. The molecule has 0 fully saturated rings. The van der Waals surface area contributed by atoms with Gasteiger partial charge in [0.2, 0.25) is 0 Å². The number of rotatable bonds is 15. The number of hydrogen-bond donors (Lipinski definition) is 2. The molecule has 4 rings (SSSR count). The van der Waals surface area contributed by atoms with E-state index in [2.05, 4.69) is 0 Å². The Bertz CT molecular complexity index is 1470. The standard InChI is InChI=1S/C32H32FNO6/c33-26-7-4-8-28(21-26)40-19-2-1-18-39-27-15-12-23(13-16-27)11-14-24-6-3-9-29-32(24)25(20-31(37)38)22-34(29)17-5-10-30(35)36/h3-4,6-9,11-16,21-22H,1-2,5,10,17-20H2,(H,35,36)(H,37,38). The molecule has 4 aromatic rings. The zero-order valence-electron chi connectivity index (χ0n) is 22.1. The molecule has 3 aromatic carbocycles. The number of benzene rings is 3. The van der Waals surface area contributed by atoms with E-state index in [1.54, 1.807) is 12.1 Å². The molecule has 0 unspecified atom stereocenters. The van der Waals surface area contributed by atoms with E-state index in [1.807, 2.05) is 65.4 Å². The van der Waals surface area contributed by atoms with E-state index < -0.39 is 11.9 Å². The van der Waals surface area contributed by atoms with Gasteiger partial charge in [-0.05, 0) is 66.3 Å². The molecule has 0 atom stereocenters. The van der Waals surface area contributed by atoms with Crippen molar-refractivity contribution in [2.75, 3.05) is 13.2 Å². The van der Waals surface area contributed by atoms with Crippen LogP contribution in [0.2, 0.25) is 0 Å². The highest BCUT2D eigenvalue weighted by atomic mass is 19.1. The molecule has 8 heteroatoms. The molecule has 0 aliphatic heterocycles. The molecule has 7 nitrogen and oxygen atoms in total. The second-order valence-electron chi connectivity index (χ2n) is 9.42. The Morgan fingerprint density at radius 1 is 0.825 bits per heavy atom. The number of aryl methyl sites for hydroxylation is 1. The highest BCUT2D eigenvalue weighted by Gasteiger charge is 2.14. The first-order chi connectivity index (χ1) is 19.4. The van der Waals surface area contributed by atoms with Crippen LogP contribution in [0.3, 0.4) is 0 Å². The highest BCUT2D eigenvalue weighted by molar-refractivity contribution is 5.96. The van der Waals surface area contributed by atoms with Gasteiger partial charge in [0.15, 0.2) is 0 Å². The third-order valence-electron chi connectivity index (χ3n) is 6.36. The van der Waals surface area contributed by atoms with Crippen LogP contribution in [0.4, 0.5) is 4.39 Å². The van der Waals surface area contributed by atoms with Crippen LogP contribution in [0.25, 0.3) is 23.1 Å². The molecule has 1 heterocycles. The third-order valence-corrected chi connectivity index (χ3v) is 6.36. The maximum atomic E-state index is 13.2. The topological polar surface area (TPSA) is 98.0 Å². The number of carboxylic acids is 2. The summed E-state index contributed by atoms with van der Waals surface area (Å²) in [5, 5.41) is 19.3. The van der Waals surface area contributed by atoms with Gasteiger partial charge in [0.1, 0.15) is 17.3 Å². The Morgan fingerprint density at radius 2 is 1.55 bits per heavy atom. The van der Waals surface area contributed by atoms with Crippen LogP contribution in [-0.2, 0) is 22.6 Å². The lowest BCUT2D eigenvalue weighted by Gasteiger charge is -2.08.